The van der Waals surface area contributed by atoms with Gasteiger partial charge in [0, 0.05) is 24.5 Å². The molecule has 0 bridgehead atoms. The van der Waals surface area contributed by atoms with Crippen molar-refractivity contribution in [3.63, 3.8) is 0 Å². The van der Waals surface area contributed by atoms with Crippen LogP contribution in [0.2, 0.25) is 0 Å². The standard InChI is InChI=1S/C13H13N5O/c14-13-9-2-1-6-15-10(9)3-4-11(13)16-7-5-12-17-8-19-18-12/h1-4,6,8,16H,5,7,14H2. The molecule has 3 rings (SSSR count). The summed E-state index contributed by atoms with van der Waals surface area (Å²) >= 11 is 0. The molecule has 0 saturated carbocycles. The number of hydrogen-bond donors (Lipinski definition) is 2. The number of nitrogens with one attached hydrogen (secondary N) is 1. The molecular formula is C13H13N5O. The molecule has 0 amide bonds. The zero-order valence-corrected chi connectivity index (χ0v) is 10.2. The van der Waals surface area contributed by atoms with Crippen LogP contribution < -0.4 is 11.1 Å². The van der Waals surface area contributed by atoms with Gasteiger partial charge in [-0.25, -0.2) is 0 Å². The maximum Gasteiger partial charge on any atom is 0.213 e. The molecule has 6 nitrogen and oxygen atoms in total. The molecule has 0 unspecified atom stereocenters. The summed E-state index contributed by atoms with van der Waals surface area (Å²) < 4.78 is 4.68. The van der Waals surface area contributed by atoms with Crippen LogP contribution in [0.25, 0.3) is 10.9 Å². The summed E-state index contributed by atoms with van der Waals surface area (Å²) in [5, 5.41) is 7.97. The van der Waals surface area contributed by atoms with Gasteiger partial charge in [-0.15, -0.1) is 0 Å². The van der Waals surface area contributed by atoms with Gasteiger partial charge in [0.2, 0.25) is 6.39 Å². The predicted molar refractivity (Wildman–Crippen MR) is 72.6 cm³/mol. The number of pyridine rings is 1. The van der Waals surface area contributed by atoms with Crippen molar-refractivity contribution in [2.75, 3.05) is 17.6 Å². The largest absolute Gasteiger partial charge is 0.397 e. The number of anilines is 2. The minimum Gasteiger partial charge on any atom is -0.397 e. The first-order chi connectivity index (χ1) is 9.34. The van der Waals surface area contributed by atoms with Crippen LogP contribution in [0.4, 0.5) is 11.4 Å². The number of benzene rings is 1. The number of nitrogens with two attached hydrogens (primary N) is 1. The first-order valence-corrected chi connectivity index (χ1v) is 5.97. The van der Waals surface area contributed by atoms with Crippen LogP contribution in [0.5, 0.6) is 0 Å². The Morgan fingerprint density at radius 3 is 3.00 bits per heavy atom. The molecule has 0 saturated heterocycles. The van der Waals surface area contributed by atoms with Crippen LogP contribution in [0, 0.1) is 0 Å². The minimum atomic E-state index is 0.675. The molecule has 3 aromatic rings. The van der Waals surface area contributed by atoms with Gasteiger partial charge in [0.25, 0.3) is 0 Å². The van der Waals surface area contributed by atoms with E-state index in [-0.39, 0.29) is 0 Å². The molecule has 0 aliphatic rings. The normalized spacial score (nSPS) is 10.7. The summed E-state index contributed by atoms with van der Waals surface area (Å²) in [5.41, 5.74) is 8.62. The maximum atomic E-state index is 6.13. The average Bonchev–Trinajstić information content (AvgIpc) is 2.95. The Morgan fingerprint density at radius 1 is 1.21 bits per heavy atom. The van der Waals surface area contributed by atoms with E-state index in [1.165, 1.54) is 6.39 Å². The third-order valence-electron chi connectivity index (χ3n) is 2.90. The molecule has 3 N–H and O–H groups in total. The van der Waals surface area contributed by atoms with Gasteiger partial charge in [-0.1, -0.05) is 5.16 Å². The minimum absolute atomic E-state index is 0.675. The van der Waals surface area contributed by atoms with E-state index in [4.69, 9.17) is 5.73 Å². The van der Waals surface area contributed by atoms with Gasteiger partial charge in [0.15, 0.2) is 5.82 Å². The van der Waals surface area contributed by atoms with Gasteiger partial charge in [-0.3, -0.25) is 4.98 Å². The van der Waals surface area contributed by atoms with Gasteiger partial charge in [0.05, 0.1) is 16.9 Å². The smallest absolute Gasteiger partial charge is 0.213 e. The summed E-state index contributed by atoms with van der Waals surface area (Å²) in [6, 6.07) is 7.72. The van der Waals surface area contributed by atoms with Crippen LogP contribution >= 0.6 is 0 Å². The third-order valence-corrected chi connectivity index (χ3v) is 2.90. The van der Waals surface area contributed by atoms with E-state index in [9.17, 15) is 0 Å². The van der Waals surface area contributed by atoms with Gasteiger partial charge >= 0.3 is 0 Å². The number of nitrogen functional groups attached to an aromatic ring is 1. The van der Waals surface area contributed by atoms with Crippen molar-refractivity contribution in [2.24, 2.45) is 0 Å². The Hall–Kier alpha value is -2.63. The quantitative estimate of drug-likeness (QED) is 0.691. The summed E-state index contributed by atoms with van der Waals surface area (Å²) in [4.78, 5) is 8.22. The molecule has 19 heavy (non-hydrogen) atoms. The number of fused-ring (bicyclic) bond motifs is 1. The van der Waals surface area contributed by atoms with Crippen molar-refractivity contribution >= 4 is 22.3 Å². The molecule has 2 aromatic heterocycles. The zero-order valence-electron chi connectivity index (χ0n) is 10.2. The van der Waals surface area contributed by atoms with Gasteiger partial charge in [-0.05, 0) is 24.3 Å². The fourth-order valence-corrected chi connectivity index (χ4v) is 1.94. The Labute approximate surface area is 109 Å². The van der Waals surface area contributed by atoms with E-state index in [2.05, 4.69) is 25.0 Å². The van der Waals surface area contributed by atoms with E-state index in [1.54, 1.807) is 6.20 Å². The second-order valence-electron chi connectivity index (χ2n) is 4.12. The lowest BCUT2D eigenvalue weighted by atomic mass is 10.1. The van der Waals surface area contributed by atoms with Crippen LogP contribution in [0.3, 0.4) is 0 Å². The Kier molecular flexibility index (Phi) is 2.97. The first kappa shape index (κ1) is 11.5. The van der Waals surface area contributed by atoms with Crippen LogP contribution in [-0.4, -0.2) is 21.7 Å². The molecule has 0 spiro atoms. The highest BCUT2D eigenvalue weighted by Gasteiger charge is 2.05. The van der Waals surface area contributed by atoms with Crippen LogP contribution in [0.15, 0.2) is 41.4 Å². The summed E-state index contributed by atoms with van der Waals surface area (Å²) in [6.45, 7) is 0.690. The highest BCUT2D eigenvalue weighted by atomic mass is 16.5. The first-order valence-electron chi connectivity index (χ1n) is 5.97. The Balaban J connectivity index is 1.76. The number of aromatic nitrogens is 3. The summed E-state index contributed by atoms with van der Waals surface area (Å²) in [6.07, 6.45) is 3.76. The third kappa shape index (κ3) is 2.33. The lowest BCUT2D eigenvalue weighted by Crippen LogP contribution is -2.08. The molecule has 96 valence electrons. The Bertz CT molecular complexity index is 681. The fourth-order valence-electron chi connectivity index (χ4n) is 1.94. The topological polar surface area (TPSA) is 89.9 Å². The predicted octanol–water partition coefficient (Wildman–Crippen LogP) is 1.85. The molecule has 0 aliphatic heterocycles. The summed E-state index contributed by atoms with van der Waals surface area (Å²) in [5.74, 6) is 0.675. The van der Waals surface area contributed by atoms with E-state index < -0.39 is 0 Å². The Morgan fingerprint density at radius 2 is 2.16 bits per heavy atom. The molecular weight excluding hydrogens is 242 g/mol. The van der Waals surface area contributed by atoms with Crippen molar-refractivity contribution in [3.05, 3.63) is 42.7 Å². The van der Waals surface area contributed by atoms with E-state index >= 15 is 0 Å². The fraction of sp³-hybridized carbons (Fsp3) is 0.154. The number of hydrogen-bond acceptors (Lipinski definition) is 6. The average molecular weight is 255 g/mol. The van der Waals surface area contributed by atoms with Crippen molar-refractivity contribution in [1.29, 1.82) is 0 Å². The van der Waals surface area contributed by atoms with Crippen LogP contribution in [0.1, 0.15) is 5.82 Å². The monoisotopic (exact) mass is 255 g/mol. The van der Waals surface area contributed by atoms with Gasteiger partial charge < -0.3 is 15.6 Å². The van der Waals surface area contributed by atoms with E-state index in [0.29, 0.717) is 24.5 Å². The van der Waals surface area contributed by atoms with E-state index in [1.807, 2.05) is 24.3 Å². The van der Waals surface area contributed by atoms with Gasteiger partial charge in [-0.2, -0.15) is 4.98 Å². The molecule has 0 radical (unpaired) electrons. The van der Waals surface area contributed by atoms with Crippen molar-refractivity contribution in [2.45, 2.75) is 6.42 Å². The SMILES string of the molecule is Nc1c(NCCc2ncon2)ccc2ncccc12. The van der Waals surface area contributed by atoms with Crippen molar-refractivity contribution < 1.29 is 4.52 Å². The van der Waals surface area contributed by atoms with Crippen molar-refractivity contribution in [1.82, 2.24) is 15.1 Å². The maximum absolute atomic E-state index is 6.13. The number of nitrogens with zero attached hydrogens (tertiary/aromatic N) is 3. The molecule has 0 fully saturated rings. The van der Waals surface area contributed by atoms with Gasteiger partial charge in [0.1, 0.15) is 0 Å². The molecule has 0 aliphatic carbocycles. The molecule has 6 heteroatoms. The van der Waals surface area contributed by atoms with Crippen LogP contribution in [-0.2, 0) is 6.42 Å². The molecule has 2 heterocycles. The lowest BCUT2D eigenvalue weighted by Gasteiger charge is -2.10. The highest BCUT2D eigenvalue weighted by Crippen LogP contribution is 2.27. The second kappa shape index (κ2) is 4.93. The lowest BCUT2D eigenvalue weighted by molar-refractivity contribution is 0.410. The summed E-state index contributed by atoms with van der Waals surface area (Å²) in [7, 11) is 0. The number of rotatable bonds is 4. The van der Waals surface area contributed by atoms with E-state index in [0.717, 1.165) is 16.6 Å². The zero-order chi connectivity index (χ0) is 13.1. The molecule has 0 atom stereocenters. The van der Waals surface area contributed by atoms with Crippen molar-refractivity contribution in [3.8, 4) is 0 Å². The highest BCUT2D eigenvalue weighted by molar-refractivity contribution is 5.96. The molecule has 1 aromatic carbocycles. The second-order valence-corrected chi connectivity index (χ2v) is 4.12.